The van der Waals surface area contributed by atoms with Gasteiger partial charge in [0.15, 0.2) is 0 Å². The smallest absolute Gasteiger partial charge is 0.140 e. The number of oxime groups is 1. The Kier molecular flexibility index (Phi) is 8.88. The molecule has 2 atom stereocenters. The molecule has 0 aliphatic heterocycles. The van der Waals surface area contributed by atoms with E-state index in [1.54, 1.807) is 14.2 Å². The van der Waals surface area contributed by atoms with Crippen LogP contribution >= 0.6 is 0 Å². The molecular formula is C10H23N3O3. The van der Waals surface area contributed by atoms with Gasteiger partial charge in [-0.1, -0.05) is 12.1 Å². The standard InChI is InChI=1S/C10H23N3O3/c1-4-8(5-10(11)13-14)12-6-9(16-3)7-15-2/h8-9,12,14H,4-7H2,1-3H3,(H2,11,13). The number of nitrogens with zero attached hydrogens (tertiary/aromatic N) is 1. The largest absolute Gasteiger partial charge is 0.409 e. The van der Waals surface area contributed by atoms with Gasteiger partial charge in [-0.2, -0.15) is 0 Å². The van der Waals surface area contributed by atoms with E-state index < -0.39 is 0 Å². The molecule has 0 amide bonds. The first-order chi connectivity index (χ1) is 7.67. The van der Waals surface area contributed by atoms with E-state index in [9.17, 15) is 0 Å². The van der Waals surface area contributed by atoms with Crippen molar-refractivity contribution in [1.29, 1.82) is 0 Å². The van der Waals surface area contributed by atoms with Crippen LogP contribution in [0.25, 0.3) is 0 Å². The molecule has 0 bridgehead atoms. The summed E-state index contributed by atoms with van der Waals surface area (Å²) in [6.07, 6.45) is 1.45. The third kappa shape index (κ3) is 6.60. The lowest BCUT2D eigenvalue weighted by molar-refractivity contribution is 0.0274. The van der Waals surface area contributed by atoms with Crippen molar-refractivity contribution in [1.82, 2.24) is 5.32 Å². The Balaban J connectivity index is 3.93. The Hall–Kier alpha value is -0.850. The van der Waals surface area contributed by atoms with E-state index in [4.69, 9.17) is 20.4 Å². The van der Waals surface area contributed by atoms with E-state index in [1.807, 2.05) is 6.92 Å². The van der Waals surface area contributed by atoms with E-state index in [2.05, 4.69) is 10.5 Å². The predicted molar refractivity (Wildman–Crippen MR) is 62.8 cm³/mol. The molecule has 0 heterocycles. The topological polar surface area (TPSA) is 89.1 Å². The van der Waals surface area contributed by atoms with Crippen molar-refractivity contribution in [3.8, 4) is 0 Å². The number of nitrogens with one attached hydrogen (secondary N) is 1. The van der Waals surface area contributed by atoms with Crippen molar-refractivity contribution >= 4 is 5.84 Å². The summed E-state index contributed by atoms with van der Waals surface area (Å²) in [6, 6.07) is 0.186. The molecule has 0 aliphatic carbocycles. The molecule has 0 aromatic heterocycles. The number of rotatable bonds is 9. The van der Waals surface area contributed by atoms with E-state index in [0.29, 0.717) is 19.6 Å². The summed E-state index contributed by atoms with van der Waals surface area (Å²) in [5, 5.41) is 14.7. The molecule has 0 saturated heterocycles. The van der Waals surface area contributed by atoms with Crippen LogP contribution in [-0.4, -0.2) is 50.6 Å². The normalized spacial score (nSPS) is 16.1. The van der Waals surface area contributed by atoms with E-state index >= 15 is 0 Å². The van der Waals surface area contributed by atoms with Crippen molar-refractivity contribution in [2.75, 3.05) is 27.4 Å². The van der Waals surface area contributed by atoms with Gasteiger partial charge >= 0.3 is 0 Å². The highest BCUT2D eigenvalue weighted by Crippen LogP contribution is 1.99. The highest BCUT2D eigenvalue weighted by atomic mass is 16.5. The Bertz CT molecular complexity index is 200. The molecule has 4 N–H and O–H groups in total. The van der Waals surface area contributed by atoms with Crippen LogP contribution in [0.5, 0.6) is 0 Å². The lowest BCUT2D eigenvalue weighted by Crippen LogP contribution is -2.40. The first kappa shape index (κ1) is 15.2. The van der Waals surface area contributed by atoms with Crippen molar-refractivity contribution in [3.63, 3.8) is 0 Å². The number of nitrogens with two attached hydrogens (primary N) is 1. The maximum atomic E-state index is 8.48. The van der Waals surface area contributed by atoms with Gasteiger partial charge in [-0.15, -0.1) is 0 Å². The molecule has 0 aromatic rings. The van der Waals surface area contributed by atoms with Crippen molar-refractivity contribution in [2.45, 2.75) is 31.9 Å². The third-order valence-electron chi connectivity index (χ3n) is 2.40. The van der Waals surface area contributed by atoms with Crippen LogP contribution in [0.1, 0.15) is 19.8 Å². The minimum absolute atomic E-state index is 0.0198. The van der Waals surface area contributed by atoms with Gasteiger partial charge in [0.1, 0.15) is 5.84 Å². The van der Waals surface area contributed by atoms with E-state index in [0.717, 1.165) is 6.42 Å². The average molecular weight is 233 g/mol. The maximum absolute atomic E-state index is 8.48. The zero-order chi connectivity index (χ0) is 12.4. The van der Waals surface area contributed by atoms with Gasteiger partial charge in [0.25, 0.3) is 0 Å². The number of amidine groups is 1. The summed E-state index contributed by atoms with van der Waals surface area (Å²) in [5.41, 5.74) is 5.45. The monoisotopic (exact) mass is 233 g/mol. The molecular weight excluding hydrogens is 210 g/mol. The van der Waals surface area contributed by atoms with Crippen LogP contribution in [0.15, 0.2) is 5.16 Å². The van der Waals surface area contributed by atoms with Crippen LogP contribution in [-0.2, 0) is 9.47 Å². The second kappa shape index (κ2) is 9.38. The second-order valence-electron chi connectivity index (χ2n) is 3.62. The average Bonchev–Trinajstić information content (AvgIpc) is 2.32. The molecule has 0 rings (SSSR count). The van der Waals surface area contributed by atoms with Crippen LogP contribution in [0, 0.1) is 0 Å². The molecule has 6 heteroatoms. The summed E-state index contributed by atoms with van der Waals surface area (Å²) >= 11 is 0. The van der Waals surface area contributed by atoms with Crippen molar-refractivity contribution < 1.29 is 14.7 Å². The van der Waals surface area contributed by atoms with Gasteiger partial charge in [-0.25, -0.2) is 0 Å². The van der Waals surface area contributed by atoms with E-state index in [-0.39, 0.29) is 18.0 Å². The molecule has 0 fully saturated rings. The Morgan fingerprint density at radius 1 is 1.50 bits per heavy atom. The minimum atomic E-state index is 0.0198. The molecule has 0 saturated carbocycles. The van der Waals surface area contributed by atoms with Crippen LogP contribution < -0.4 is 11.1 Å². The predicted octanol–water partition coefficient (Wildman–Crippen LogP) is 0.153. The molecule has 0 aliphatic rings. The fourth-order valence-electron chi connectivity index (χ4n) is 1.35. The number of hydrogen-bond donors (Lipinski definition) is 3. The second-order valence-corrected chi connectivity index (χ2v) is 3.62. The summed E-state index contributed by atoms with van der Waals surface area (Å²) < 4.78 is 10.2. The third-order valence-corrected chi connectivity index (χ3v) is 2.40. The fraction of sp³-hybridized carbons (Fsp3) is 0.900. The first-order valence-corrected chi connectivity index (χ1v) is 5.39. The number of hydrogen-bond acceptors (Lipinski definition) is 5. The molecule has 16 heavy (non-hydrogen) atoms. The number of methoxy groups -OCH3 is 2. The lowest BCUT2D eigenvalue weighted by atomic mass is 10.1. The molecule has 6 nitrogen and oxygen atoms in total. The zero-order valence-corrected chi connectivity index (χ0v) is 10.3. The van der Waals surface area contributed by atoms with Gasteiger partial charge in [-0.3, -0.25) is 0 Å². The lowest BCUT2D eigenvalue weighted by Gasteiger charge is -2.20. The van der Waals surface area contributed by atoms with Gasteiger partial charge in [0.2, 0.25) is 0 Å². The van der Waals surface area contributed by atoms with Gasteiger partial charge in [-0.05, 0) is 6.42 Å². The Morgan fingerprint density at radius 3 is 2.62 bits per heavy atom. The SMILES string of the molecule is CCC(CC(N)=NO)NCC(COC)OC. The maximum Gasteiger partial charge on any atom is 0.140 e. The highest BCUT2D eigenvalue weighted by molar-refractivity contribution is 5.80. The quantitative estimate of drug-likeness (QED) is 0.228. The van der Waals surface area contributed by atoms with Crippen molar-refractivity contribution in [2.24, 2.45) is 10.9 Å². The first-order valence-electron chi connectivity index (χ1n) is 5.39. The van der Waals surface area contributed by atoms with Crippen LogP contribution in [0.4, 0.5) is 0 Å². The van der Waals surface area contributed by atoms with Crippen molar-refractivity contribution in [3.05, 3.63) is 0 Å². The summed E-state index contributed by atoms with van der Waals surface area (Å²) in [7, 11) is 3.29. The Labute approximate surface area is 96.8 Å². The number of ether oxygens (including phenoxy) is 2. The summed E-state index contributed by atoms with van der Waals surface area (Å²) in [4.78, 5) is 0. The van der Waals surface area contributed by atoms with Crippen LogP contribution in [0.3, 0.4) is 0 Å². The summed E-state index contributed by atoms with van der Waals surface area (Å²) in [5.74, 6) is 0.236. The zero-order valence-electron chi connectivity index (χ0n) is 10.3. The fourth-order valence-corrected chi connectivity index (χ4v) is 1.35. The molecule has 0 aromatic carbocycles. The molecule has 0 radical (unpaired) electrons. The van der Waals surface area contributed by atoms with Crippen LogP contribution in [0.2, 0.25) is 0 Å². The summed E-state index contributed by atoms with van der Waals surface area (Å²) in [6.45, 7) is 3.27. The van der Waals surface area contributed by atoms with Gasteiger partial charge in [0, 0.05) is 33.2 Å². The highest BCUT2D eigenvalue weighted by Gasteiger charge is 2.12. The molecule has 0 spiro atoms. The van der Waals surface area contributed by atoms with Gasteiger partial charge < -0.3 is 25.7 Å². The van der Waals surface area contributed by atoms with E-state index in [1.165, 1.54) is 0 Å². The minimum Gasteiger partial charge on any atom is -0.409 e. The Morgan fingerprint density at radius 2 is 2.19 bits per heavy atom. The molecule has 96 valence electrons. The van der Waals surface area contributed by atoms with Gasteiger partial charge in [0.05, 0.1) is 12.7 Å². The molecule has 2 unspecified atom stereocenters.